The van der Waals surface area contributed by atoms with Crippen LogP contribution in [0.15, 0.2) is 60.9 Å². The van der Waals surface area contributed by atoms with E-state index in [1.54, 1.807) is 32.5 Å². The molecule has 3 aromatic rings. The SMILES string of the molecule is COc1ccc([C@@H](O)c2nccn2Cc2ccccc2)cc1OC. The first kappa shape index (κ1) is 16.1. The molecule has 0 radical (unpaired) electrons. The van der Waals surface area contributed by atoms with E-state index in [9.17, 15) is 5.11 Å². The number of aliphatic hydroxyl groups excluding tert-OH is 1. The van der Waals surface area contributed by atoms with Gasteiger partial charge in [0.2, 0.25) is 0 Å². The fourth-order valence-electron chi connectivity index (χ4n) is 2.65. The lowest BCUT2D eigenvalue weighted by Crippen LogP contribution is -2.11. The van der Waals surface area contributed by atoms with E-state index in [0.29, 0.717) is 29.4 Å². The molecule has 0 bridgehead atoms. The Kier molecular flexibility index (Phi) is 4.82. The zero-order chi connectivity index (χ0) is 16.9. The maximum Gasteiger partial charge on any atom is 0.161 e. The first-order valence-electron chi connectivity index (χ1n) is 7.68. The van der Waals surface area contributed by atoms with Crippen molar-refractivity contribution < 1.29 is 14.6 Å². The lowest BCUT2D eigenvalue weighted by atomic mass is 10.1. The van der Waals surface area contributed by atoms with Crippen LogP contribution in [-0.2, 0) is 6.54 Å². The van der Waals surface area contributed by atoms with E-state index in [1.807, 2.05) is 47.2 Å². The Bertz CT molecular complexity index is 799. The lowest BCUT2D eigenvalue weighted by molar-refractivity contribution is 0.204. The van der Waals surface area contributed by atoms with Crippen molar-refractivity contribution in [3.8, 4) is 11.5 Å². The van der Waals surface area contributed by atoms with Gasteiger partial charge < -0.3 is 19.1 Å². The van der Waals surface area contributed by atoms with Crippen molar-refractivity contribution in [2.45, 2.75) is 12.6 Å². The van der Waals surface area contributed by atoms with E-state index in [0.717, 1.165) is 5.56 Å². The summed E-state index contributed by atoms with van der Waals surface area (Å²) in [6.45, 7) is 0.653. The smallest absolute Gasteiger partial charge is 0.161 e. The molecule has 0 spiro atoms. The molecule has 2 aromatic carbocycles. The van der Waals surface area contributed by atoms with Crippen LogP contribution in [0.2, 0.25) is 0 Å². The Balaban J connectivity index is 1.88. The van der Waals surface area contributed by atoms with E-state index >= 15 is 0 Å². The summed E-state index contributed by atoms with van der Waals surface area (Å²) in [6.07, 6.45) is 2.72. The monoisotopic (exact) mass is 324 g/mol. The van der Waals surface area contributed by atoms with Crippen molar-refractivity contribution in [2.75, 3.05) is 14.2 Å². The van der Waals surface area contributed by atoms with Gasteiger partial charge in [0.1, 0.15) is 11.9 Å². The number of rotatable bonds is 6. The number of methoxy groups -OCH3 is 2. The summed E-state index contributed by atoms with van der Waals surface area (Å²) in [4.78, 5) is 4.33. The molecule has 0 aliphatic carbocycles. The highest BCUT2D eigenvalue weighted by atomic mass is 16.5. The van der Waals surface area contributed by atoms with Gasteiger partial charge in [-0.2, -0.15) is 0 Å². The van der Waals surface area contributed by atoms with Gasteiger partial charge in [0.25, 0.3) is 0 Å². The van der Waals surface area contributed by atoms with Crippen LogP contribution >= 0.6 is 0 Å². The molecule has 5 nitrogen and oxygen atoms in total. The average Bonchev–Trinajstić information content (AvgIpc) is 3.09. The zero-order valence-corrected chi connectivity index (χ0v) is 13.7. The highest BCUT2D eigenvalue weighted by molar-refractivity contribution is 5.44. The van der Waals surface area contributed by atoms with Crippen molar-refractivity contribution in [1.29, 1.82) is 0 Å². The molecule has 3 rings (SSSR count). The molecule has 1 heterocycles. The van der Waals surface area contributed by atoms with Gasteiger partial charge >= 0.3 is 0 Å². The number of aliphatic hydroxyl groups is 1. The Hall–Kier alpha value is -2.79. The number of ether oxygens (including phenoxy) is 2. The van der Waals surface area contributed by atoms with E-state index in [-0.39, 0.29) is 0 Å². The number of aromatic nitrogens is 2. The van der Waals surface area contributed by atoms with Gasteiger partial charge in [-0.25, -0.2) is 4.98 Å². The minimum Gasteiger partial charge on any atom is -0.493 e. The number of hydrogen-bond acceptors (Lipinski definition) is 4. The van der Waals surface area contributed by atoms with Gasteiger partial charge in [0.05, 0.1) is 14.2 Å². The Labute approximate surface area is 141 Å². The fourth-order valence-corrected chi connectivity index (χ4v) is 2.65. The van der Waals surface area contributed by atoms with Crippen LogP contribution in [0.4, 0.5) is 0 Å². The summed E-state index contributed by atoms with van der Waals surface area (Å²) < 4.78 is 12.5. The number of imidazole rings is 1. The molecular formula is C19H20N2O3. The zero-order valence-electron chi connectivity index (χ0n) is 13.7. The predicted octanol–water partition coefficient (Wildman–Crippen LogP) is 3.03. The summed E-state index contributed by atoms with van der Waals surface area (Å²) in [7, 11) is 3.16. The van der Waals surface area contributed by atoms with Crippen LogP contribution in [0.25, 0.3) is 0 Å². The van der Waals surface area contributed by atoms with E-state index in [1.165, 1.54) is 0 Å². The Morgan fingerprint density at radius 2 is 1.79 bits per heavy atom. The number of nitrogens with zero attached hydrogens (tertiary/aromatic N) is 2. The average molecular weight is 324 g/mol. The van der Waals surface area contributed by atoms with Crippen LogP contribution in [-0.4, -0.2) is 28.9 Å². The van der Waals surface area contributed by atoms with E-state index in [4.69, 9.17) is 9.47 Å². The highest BCUT2D eigenvalue weighted by Crippen LogP contribution is 2.31. The number of hydrogen-bond donors (Lipinski definition) is 1. The summed E-state index contributed by atoms with van der Waals surface area (Å²) in [5.74, 6) is 1.79. The summed E-state index contributed by atoms with van der Waals surface area (Å²) in [6, 6.07) is 15.4. The van der Waals surface area contributed by atoms with E-state index < -0.39 is 6.10 Å². The molecule has 0 saturated heterocycles. The van der Waals surface area contributed by atoms with Gasteiger partial charge in [-0.3, -0.25) is 0 Å². The van der Waals surface area contributed by atoms with Crippen molar-refractivity contribution in [3.63, 3.8) is 0 Å². The Morgan fingerprint density at radius 3 is 2.50 bits per heavy atom. The summed E-state index contributed by atoms with van der Waals surface area (Å²) >= 11 is 0. The molecule has 0 amide bonds. The highest BCUT2D eigenvalue weighted by Gasteiger charge is 2.18. The maximum atomic E-state index is 10.7. The molecule has 0 saturated carbocycles. The first-order valence-corrected chi connectivity index (χ1v) is 7.68. The van der Waals surface area contributed by atoms with Crippen LogP contribution in [0, 0.1) is 0 Å². The van der Waals surface area contributed by atoms with Gasteiger partial charge in [0, 0.05) is 18.9 Å². The standard InChI is InChI=1S/C19H20N2O3/c1-23-16-9-8-15(12-17(16)24-2)18(22)19-20-10-11-21(19)13-14-6-4-3-5-7-14/h3-12,18,22H,13H2,1-2H3/t18-/m1/s1. The predicted molar refractivity (Wildman–Crippen MR) is 91.4 cm³/mol. The first-order chi connectivity index (χ1) is 11.7. The second kappa shape index (κ2) is 7.19. The summed E-state index contributed by atoms with van der Waals surface area (Å²) in [5.41, 5.74) is 1.85. The minimum absolute atomic E-state index is 0.579. The molecule has 1 N–H and O–H groups in total. The normalized spacial score (nSPS) is 12.0. The molecule has 0 aliphatic rings. The quantitative estimate of drug-likeness (QED) is 0.757. The maximum absolute atomic E-state index is 10.7. The van der Waals surface area contributed by atoms with Crippen LogP contribution < -0.4 is 9.47 Å². The second-order valence-electron chi connectivity index (χ2n) is 5.42. The minimum atomic E-state index is -0.844. The molecule has 1 atom stereocenters. The number of benzene rings is 2. The third-order valence-electron chi connectivity index (χ3n) is 3.91. The molecule has 0 aliphatic heterocycles. The van der Waals surface area contributed by atoms with Gasteiger partial charge in [-0.1, -0.05) is 36.4 Å². The third-order valence-corrected chi connectivity index (χ3v) is 3.91. The molecule has 1 aromatic heterocycles. The molecule has 0 unspecified atom stereocenters. The molecule has 0 fully saturated rings. The van der Waals surface area contributed by atoms with Gasteiger partial charge in [0.15, 0.2) is 11.5 Å². The lowest BCUT2D eigenvalue weighted by Gasteiger charge is -2.16. The molecular weight excluding hydrogens is 304 g/mol. The van der Waals surface area contributed by atoms with Crippen molar-refractivity contribution >= 4 is 0 Å². The van der Waals surface area contributed by atoms with Crippen molar-refractivity contribution in [1.82, 2.24) is 9.55 Å². The van der Waals surface area contributed by atoms with Crippen LogP contribution in [0.5, 0.6) is 11.5 Å². The topological polar surface area (TPSA) is 56.5 Å². The fraction of sp³-hybridized carbons (Fsp3) is 0.211. The van der Waals surface area contributed by atoms with Crippen LogP contribution in [0.3, 0.4) is 0 Å². The molecule has 124 valence electrons. The molecule has 5 heteroatoms. The van der Waals surface area contributed by atoms with Gasteiger partial charge in [-0.15, -0.1) is 0 Å². The second-order valence-corrected chi connectivity index (χ2v) is 5.42. The van der Waals surface area contributed by atoms with Gasteiger partial charge in [-0.05, 0) is 23.3 Å². The Morgan fingerprint density at radius 1 is 1.04 bits per heavy atom. The third kappa shape index (κ3) is 3.26. The van der Waals surface area contributed by atoms with Crippen molar-refractivity contribution in [2.24, 2.45) is 0 Å². The van der Waals surface area contributed by atoms with E-state index in [2.05, 4.69) is 4.98 Å². The molecule has 24 heavy (non-hydrogen) atoms. The van der Waals surface area contributed by atoms with Crippen LogP contribution in [0.1, 0.15) is 23.1 Å². The largest absolute Gasteiger partial charge is 0.493 e. The summed E-state index contributed by atoms with van der Waals surface area (Å²) in [5, 5.41) is 10.7. The van der Waals surface area contributed by atoms with Crippen molar-refractivity contribution in [3.05, 3.63) is 77.9 Å².